The number of aliphatic carboxylic acids is 1. The topological polar surface area (TPSA) is 117 Å². The second kappa shape index (κ2) is 6.71. The van der Waals surface area contributed by atoms with Gasteiger partial charge >= 0.3 is 5.97 Å². The molecule has 1 aromatic heterocycles. The first-order valence-corrected chi connectivity index (χ1v) is 8.79. The summed E-state index contributed by atoms with van der Waals surface area (Å²) in [7, 11) is -3.66. The number of nitrogens with zero attached hydrogens (tertiary/aromatic N) is 1. The third-order valence-corrected chi connectivity index (χ3v) is 5.78. The predicted octanol–water partition coefficient (Wildman–Crippen LogP) is 0.823. The van der Waals surface area contributed by atoms with Gasteiger partial charge in [-0.05, 0) is 19.8 Å². The van der Waals surface area contributed by atoms with Gasteiger partial charge in [0.15, 0.2) is 5.76 Å². The molecular formula is C14H20N2O6S. The molecule has 0 saturated carbocycles. The zero-order valence-electron chi connectivity index (χ0n) is 13.0. The van der Waals surface area contributed by atoms with Crippen LogP contribution in [0.15, 0.2) is 15.4 Å². The zero-order chi connectivity index (χ0) is 17.2. The summed E-state index contributed by atoms with van der Waals surface area (Å²) in [6, 6.07) is 1.20. The summed E-state index contributed by atoms with van der Waals surface area (Å²) in [5.74, 6) is -2.41. The summed E-state index contributed by atoms with van der Waals surface area (Å²) in [5.41, 5.74) is 0. The molecule has 0 aromatic carbocycles. The van der Waals surface area contributed by atoms with Crippen LogP contribution in [0.2, 0.25) is 0 Å². The quantitative estimate of drug-likeness (QED) is 0.789. The number of nitrogens with one attached hydrogen (secondary N) is 1. The van der Waals surface area contributed by atoms with Gasteiger partial charge < -0.3 is 14.8 Å². The van der Waals surface area contributed by atoms with Crippen molar-refractivity contribution < 1.29 is 27.5 Å². The van der Waals surface area contributed by atoms with Gasteiger partial charge in [-0.25, -0.2) is 8.42 Å². The second-order valence-electron chi connectivity index (χ2n) is 5.59. The van der Waals surface area contributed by atoms with Crippen LogP contribution in [-0.2, 0) is 14.8 Å². The van der Waals surface area contributed by atoms with E-state index in [9.17, 15) is 18.0 Å². The third-order valence-electron chi connectivity index (χ3n) is 3.77. The van der Waals surface area contributed by atoms with Gasteiger partial charge in [0.2, 0.25) is 10.0 Å². The standard InChI is InChI=1S/C14H20N2O6S/c1-9(14(18)19)8-15-13(17)11-7-12(10(2)22-11)23(20,21)16-5-3-4-6-16/h7,9H,3-6,8H2,1-2H3,(H,15,17)(H,18,19). The van der Waals surface area contributed by atoms with Crippen molar-refractivity contribution in [3.05, 3.63) is 17.6 Å². The summed E-state index contributed by atoms with van der Waals surface area (Å²) >= 11 is 0. The number of sulfonamides is 1. The van der Waals surface area contributed by atoms with Gasteiger partial charge in [0.05, 0.1) is 5.92 Å². The van der Waals surface area contributed by atoms with Crippen LogP contribution in [0.5, 0.6) is 0 Å². The summed E-state index contributed by atoms with van der Waals surface area (Å²) in [4.78, 5) is 22.7. The van der Waals surface area contributed by atoms with Gasteiger partial charge in [-0.15, -0.1) is 0 Å². The molecule has 1 atom stereocenters. The fourth-order valence-electron chi connectivity index (χ4n) is 2.32. The number of carboxylic acid groups (broad SMARTS) is 1. The summed E-state index contributed by atoms with van der Waals surface area (Å²) in [6.45, 7) is 3.80. The molecule has 8 nitrogen and oxygen atoms in total. The second-order valence-corrected chi connectivity index (χ2v) is 7.50. The first kappa shape index (κ1) is 17.5. The number of furan rings is 1. The van der Waals surface area contributed by atoms with E-state index < -0.39 is 27.8 Å². The first-order valence-electron chi connectivity index (χ1n) is 7.35. The highest BCUT2D eigenvalue weighted by molar-refractivity contribution is 7.89. The van der Waals surface area contributed by atoms with Crippen LogP contribution in [0.25, 0.3) is 0 Å². The van der Waals surface area contributed by atoms with Crippen LogP contribution in [0.4, 0.5) is 0 Å². The van der Waals surface area contributed by atoms with Crippen molar-refractivity contribution >= 4 is 21.9 Å². The Bertz CT molecular complexity index is 703. The van der Waals surface area contributed by atoms with E-state index in [1.807, 2.05) is 0 Å². The average molecular weight is 344 g/mol. The Morgan fingerprint density at radius 1 is 1.39 bits per heavy atom. The molecule has 128 valence electrons. The average Bonchev–Trinajstić information content (AvgIpc) is 3.13. The molecule has 2 rings (SSSR count). The van der Waals surface area contributed by atoms with Crippen molar-refractivity contribution in [2.75, 3.05) is 19.6 Å². The summed E-state index contributed by atoms with van der Waals surface area (Å²) in [6.07, 6.45) is 1.63. The molecule has 1 aliphatic heterocycles. The molecule has 1 amide bonds. The molecule has 2 heterocycles. The molecule has 0 spiro atoms. The van der Waals surface area contributed by atoms with Crippen LogP contribution >= 0.6 is 0 Å². The molecule has 0 aliphatic carbocycles. The van der Waals surface area contributed by atoms with E-state index >= 15 is 0 Å². The SMILES string of the molecule is Cc1oc(C(=O)NCC(C)C(=O)O)cc1S(=O)(=O)N1CCCC1. The predicted molar refractivity (Wildman–Crippen MR) is 80.6 cm³/mol. The number of carbonyl (C=O) groups is 2. The Balaban J connectivity index is 2.14. The maximum atomic E-state index is 12.5. The van der Waals surface area contributed by atoms with E-state index in [4.69, 9.17) is 9.52 Å². The number of rotatable bonds is 6. The normalized spacial score (nSPS) is 17.1. The van der Waals surface area contributed by atoms with Crippen molar-refractivity contribution in [3.8, 4) is 0 Å². The van der Waals surface area contributed by atoms with E-state index in [0.29, 0.717) is 13.1 Å². The highest BCUT2D eigenvalue weighted by Crippen LogP contribution is 2.26. The van der Waals surface area contributed by atoms with E-state index in [-0.39, 0.29) is 23.0 Å². The lowest BCUT2D eigenvalue weighted by Crippen LogP contribution is -2.31. The van der Waals surface area contributed by atoms with Gasteiger partial charge in [0, 0.05) is 25.7 Å². The van der Waals surface area contributed by atoms with Crippen molar-refractivity contribution in [2.45, 2.75) is 31.6 Å². The molecule has 2 N–H and O–H groups in total. The van der Waals surface area contributed by atoms with Crippen LogP contribution in [0, 0.1) is 12.8 Å². The van der Waals surface area contributed by atoms with Gasteiger partial charge in [-0.2, -0.15) is 4.31 Å². The molecule has 23 heavy (non-hydrogen) atoms. The number of hydrogen-bond donors (Lipinski definition) is 2. The van der Waals surface area contributed by atoms with Gasteiger partial charge in [0.1, 0.15) is 10.7 Å². The van der Waals surface area contributed by atoms with E-state index in [0.717, 1.165) is 12.8 Å². The monoisotopic (exact) mass is 344 g/mol. The third kappa shape index (κ3) is 3.73. The minimum absolute atomic E-state index is 0.0177. The van der Waals surface area contributed by atoms with Gasteiger partial charge in [-0.1, -0.05) is 6.92 Å². The first-order chi connectivity index (χ1) is 10.7. The van der Waals surface area contributed by atoms with E-state index in [1.54, 1.807) is 0 Å². The number of carboxylic acids is 1. The van der Waals surface area contributed by atoms with Crippen molar-refractivity contribution in [2.24, 2.45) is 5.92 Å². The highest BCUT2D eigenvalue weighted by atomic mass is 32.2. The maximum absolute atomic E-state index is 12.5. The minimum Gasteiger partial charge on any atom is -0.481 e. The smallest absolute Gasteiger partial charge is 0.308 e. The Hall–Kier alpha value is -1.87. The Kier molecular flexibility index (Phi) is 5.10. The number of carbonyl (C=O) groups excluding carboxylic acids is 1. The lowest BCUT2D eigenvalue weighted by molar-refractivity contribution is -0.140. The fourth-order valence-corrected chi connectivity index (χ4v) is 4.00. The van der Waals surface area contributed by atoms with Crippen molar-refractivity contribution in [1.82, 2.24) is 9.62 Å². The largest absolute Gasteiger partial charge is 0.481 e. The van der Waals surface area contributed by atoms with Crippen LogP contribution < -0.4 is 5.32 Å². The van der Waals surface area contributed by atoms with Crippen LogP contribution in [-0.4, -0.2) is 49.3 Å². The molecule has 1 aliphatic rings. The van der Waals surface area contributed by atoms with Crippen LogP contribution in [0.1, 0.15) is 36.1 Å². The van der Waals surface area contributed by atoms with Gasteiger partial charge in [-0.3, -0.25) is 9.59 Å². The van der Waals surface area contributed by atoms with E-state index in [2.05, 4.69) is 5.32 Å². The molecule has 1 unspecified atom stereocenters. The molecular weight excluding hydrogens is 324 g/mol. The number of amides is 1. The molecule has 0 radical (unpaired) electrons. The maximum Gasteiger partial charge on any atom is 0.308 e. The Morgan fingerprint density at radius 2 is 2.00 bits per heavy atom. The highest BCUT2D eigenvalue weighted by Gasteiger charge is 2.31. The minimum atomic E-state index is -3.66. The molecule has 1 aromatic rings. The van der Waals surface area contributed by atoms with Gasteiger partial charge in [0.25, 0.3) is 5.91 Å². The Labute approximate surface area is 134 Å². The number of hydrogen-bond acceptors (Lipinski definition) is 5. The van der Waals surface area contributed by atoms with E-state index in [1.165, 1.54) is 24.2 Å². The molecule has 0 bridgehead atoms. The summed E-state index contributed by atoms with van der Waals surface area (Å²) in [5, 5.41) is 11.2. The fraction of sp³-hybridized carbons (Fsp3) is 0.571. The molecule has 1 saturated heterocycles. The van der Waals surface area contributed by atoms with Crippen molar-refractivity contribution in [1.29, 1.82) is 0 Å². The van der Waals surface area contributed by atoms with Crippen LogP contribution in [0.3, 0.4) is 0 Å². The molecule has 9 heteroatoms. The lowest BCUT2D eigenvalue weighted by atomic mass is 10.2. The zero-order valence-corrected chi connectivity index (χ0v) is 13.9. The Morgan fingerprint density at radius 3 is 2.57 bits per heavy atom. The lowest BCUT2D eigenvalue weighted by Gasteiger charge is -2.14. The summed E-state index contributed by atoms with van der Waals surface area (Å²) < 4.78 is 31.6. The number of aryl methyl sites for hydroxylation is 1. The molecule has 1 fully saturated rings. The van der Waals surface area contributed by atoms with Crippen molar-refractivity contribution in [3.63, 3.8) is 0 Å².